The summed E-state index contributed by atoms with van der Waals surface area (Å²) < 4.78 is 25.1. The van der Waals surface area contributed by atoms with E-state index in [9.17, 15) is 13.2 Å². The van der Waals surface area contributed by atoms with Gasteiger partial charge in [-0.15, -0.1) is 0 Å². The van der Waals surface area contributed by atoms with Crippen molar-refractivity contribution in [3.05, 3.63) is 53.1 Å². The molecule has 1 saturated carbocycles. The highest BCUT2D eigenvalue weighted by Gasteiger charge is 2.59. The summed E-state index contributed by atoms with van der Waals surface area (Å²) >= 11 is 6.10. The van der Waals surface area contributed by atoms with Crippen molar-refractivity contribution in [1.29, 1.82) is 0 Å². The molecule has 7 nitrogen and oxygen atoms in total. The smallest absolute Gasteiger partial charge is 0.238 e. The first-order valence-corrected chi connectivity index (χ1v) is 12.8. The summed E-state index contributed by atoms with van der Waals surface area (Å²) in [5.41, 5.74) is 4.23. The minimum absolute atomic E-state index is 0.135. The van der Waals surface area contributed by atoms with Crippen LogP contribution in [0.3, 0.4) is 0 Å². The van der Waals surface area contributed by atoms with E-state index in [-0.39, 0.29) is 17.1 Å². The van der Waals surface area contributed by atoms with E-state index in [0.29, 0.717) is 31.1 Å². The first kappa shape index (κ1) is 20.5. The summed E-state index contributed by atoms with van der Waals surface area (Å²) in [6.07, 6.45) is 7.83. The number of sulfone groups is 1. The Morgan fingerprint density at radius 2 is 2.00 bits per heavy atom. The molecule has 3 aromatic rings. The molecule has 1 amide bonds. The molecule has 4 heterocycles. The van der Waals surface area contributed by atoms with Crippen molar-refractivity contribution in [2.45, 2.75) is 44.2 Å². The van der Waals surface area contributed by atoms with Gasteiger partial charge in [0, 0.05) is 30.4 Å². The molecule has 2 aliphatic rings. The van der Waals surface area contributed by atoms with Crippen LogP contribution in [-0.2, 0) is 33.1 Å². The second-order valence-corrected chi connectivity index (χ2v) is 11.2. The van der Waals surface area contributed by atoms with Gasteiger partial charge in [0.25, 0.3) is 0 Å². The van der Waals surface area contributed by atoms with Crippen molar-refractivity contribution >= 4 is 44.1 Å². The van der Waals surface area contributed by atoms with Gasteiger partial charge in [-0.05, 0) is 55.5 Å². The van der Waals surface area contributed by atoms with Gasteiger partial charge in [-0.2, -0.15) is 0 Å². The highest BCUT2D eigenvalue weighted by Crippen LogP contribution is 2.57. The minimum Gasteiger partial charge on any atom is -0.342 e. The van der Waals surface area contributed by atoms with E-state index in [2.05, 4.69) is 14.5 Å². The van der Waals surface area contributed by atoms with Gasteiger partial charge in [0.15, 0.2) is 0 Å². The molecular formula is C22H23ClN4O3S. The van der Waals surface area contributed by atoms with Crippen LogP contribution in [0.5, 0.6) is 0 Å². The lowest BCUT2D eigenvalue weighted by molar-refractivity contribution is -0.120. The zero-order valence-corrected chi connectivity index (χ0v) is 18.8. The molecule has 9 heteroatoms. The maximum absolute atomic E-state index is 13.3. The number of anilines is 1. The second kappa shape index (κ2) is 7.31. The number of aryl methyl sites for hydroxylation is 1. The second-order valence-electron chi connectivity index (χ2n) is 8.53. The summed E-state index contributed by atoms with van der Waals surface area (Å²) in [5, 5.41) is 0.414. The highest BCUT2D eigenvalue weighted by atomic mass is 35.5. The standard InChI is InChI=1S/C22H23ClN4O3S/c1-31(29,30)11-3-2-10-26-15(12-17-18(26)4-5-20(23)25-17)14-27-19-13-24-9-6-16(19)22(7-8-22)21(27)28/h4-6,9,12-13H,2-3,7-8,10-11,14H2,1H3. The molecule has 0 aromatic carbocycles. The normalized spacial score (nSPS) is 17.0. The van der Waals surface area contributed by atoms with Gasteiger partial charge in [-0.1, -0.05) is 11.6 Å². The van der Waals surface area contributed by atoms with Crippen molar-refractivity contribution in [1.82, 2.24) is 14.5 Å². The molecule has 1 aliphatic carbocycles. The molecule has 0 bridgehead atoms. The lowest BCUT2D eigenvalue weighted by Crippen LogP contribution is -2.32. The average Bonchev–Trinajstić information content (AvgIpc) is 3.41. The van der Waals surface area contributed by atoms with Gasteiger partial charge in [-0.25, -0.2) is 13.4 Å². The number of hydrogen-bond donors (Lipinski definition) is 0. The van der Waals surface area contributed by atoms with Gasteiger partial charge in [-0.3, -0.25) is 9.78 Å². The third-order valence-corrected chi connectivity index (χ3v) is 7.53. The quantitative estimate of drug-likeness (QED) is 0.399. The average molecular weight is 459 g/mol. The van der Waals surface area contributed by atoms with E-state index in [1.165, 1.54) is 6.26 Å². The third-order valence-electron chi connectivity index (χ3n) is 6.29. The van der Waals surface area contributed by atoms with Crippen molar-refractivity contribution in [2.75, 3.05) is 16.9 Å². The van der Waals surface area contributed by atoms with E-state index in [1.54, 1.807) is 18.5 Å². The largest absolute Gasteiger partial charge is 0.342 e. The molecule has 0 unspecified atom stereocenters. The molecule has 0 saturated heterocycles. The fourth-order valence-electron chi connectivity index (χ4n) is 4.61. The topological polar surface area (TPSA) is 85.2 Å². The van der Waals surface area contributed by atoms with Crippen LogP contribution in [0.15, 0.2) is 36.7 Å². The molecule has 1 fully saturated rings. The van der Waals surface area contributed by atoms with Crippen LogP contribution in [0.1, 0.15) is 36.9 Å². The maximum Gasteiger partial charge on any atom is 0.238 e. The number of hydrogen-bond acceptors (Lipinski definition) is 5. The predicted molar refractivity (Wildman–Crippen MR) is 120 cm³/mol. The Morgan fingerprint density at radius 3 is 2.74 bits per heavy atom. The van der Waals surface area contributed by atoms with Crippen LogP contribution in [0, 0.1) is 0 Å². The number of halogens is 1. The summed E-state index contributed by atoms with van der Waals surface area (Å²) in [4.78, 5) is 23.8. The fraction of sp³-hybridized carbons (Fsp3) is 0.409. The number of amides is 1. The van der Waals surface area contributed by atoms with Crippen LogP contribution in [0.25, 0.3) is 11.0 Å². The molecule has 162 valence electrons. The van der Waals surface area contributed by atoms with Crippen molar-refractivity contribution in [3.63, 3.8) is 0 Å². The number of rotatable bonds is 7. The van der Waals surface area contributed by atoms with Gasteiger partial charge in [0.05, 0.1) is 34.9 Å². The number of unbranched alkanes of at least 4 members (excludes halogenated alkanes) is 1. The zero-order valence-electron chi connectivity index (χ0n) is 17.2. The Kier molecular flexibility index (Phi) is 4.82. The lowest BCUT2D eigenvalue weighted by atomic mass is 9.99. The number of fused-ring (bicyclic) bond motifs is 3. The molecule has 0 N–H and O–H groups in total. The first-order chi connectivity index (χ1) is 14.8. The van der Waals surface area contributed by atoms with Gasteiger partial charge < -0.3 is 9.47 Å². The van der Waals surface area contributed by atoms with Crippen LogP contribution in [0.2, 0.25) is 5.15 Å². The van der Waals surface area contributed by atoms with E-state index in [0.717, 1.165) is 40.8 Å². The summed E-state index contributed by atoms with van der Waals surface area (Å²) in [6, 6.07) is 7.61. The van der Waals surface area contributed by atoms with Gasteiger partial charge >= 0.3 is 0 Å². The Bertz CT molecular complexity index is 1300. The Hall–Kier alpha value is -2.45. The summed E-state index contributed by atoms with van der Waals surface area (Å²) in [5.74, 6) is 0.299. The van der Waals surface area contributed by atoms with E-state index < -0.39 is 9.84 Å². The third kappa shape index (κ3) is 3.61. The van der Waals surface area contributed by atoms with E-state index in [1.807, 2.05) is 23.1 Å². The molecule has 1 spiro atoms. The number of pyridine rings is 2. The van der Waals surface area contributed by atoms with Gasteiger partial charge in [0.1, 0.15) is 15.0 Å². The molecule has 1 aliphatic heterocycles. The predicted octanol–water partition coefficient (Wildman–Crippen LogP) is 3.49. The van der Waals surface area contributed by atoms with Crippen molar-refractivity contribution in [2.24, 2.45) is 0 Å². The summed E-state index contributed by atoms with van der Waals surface area (Å²) in [7, 11) is -2.99. The molecule has 3 aromatic heterocycles. The van der Waals surface area contributed by atoms with E-state index >= 15 is 0 Å². The van der Waals surface area contributed by atoms with Gasteiger partial charge in [0.2, 0.25) is 5.91 Å². The highest BCUT2D eigenvalue weighted by molar-refractivity contribution is 7.90. The SMILES string of the molecule is CS(=O)(=O)CCCCn1c(CN2C(=O)C3(CC3)c3ccncc32)cc2nc(Cl)ccc21. The Morgan fingerprint density at radius 1 is 1.19 bits per heavy atom. The number of carbonyl (C=O) groups is 1. The fourth-order valence-corrected chi connectivity index (χ4v) is 5.50. The van der Waals surface area contributed by atoms with Crippen LogP contribution < -0.4 is 4.90 Å². The molecule has 0 radical (unpaired) electrons. The van der Waals surface area contributed by atoms with Crippen molar-refractivity contribution in [3.8, 4) is 0 Å². The monoisotopic (exact) mass is 458 g/mol. The van der Waals surface area contributed by atoms with Crippen LogP contribution >= 0.6 is 11.6 Å². The molecule has 31 heavy (non-hydrogen) atoms. The Labute approximate surface area is 186 Å². The first-order valence-electron chi connectivity index (χ1n) is 10.4. The number of aromatic nitrogens is 3. The summed E-state index contributed by atoms with van der Waals surface area (Å²) in [6.45, 7) is 1.06. The number of nitrogens with zero attached hydrogens (tertiary/aromatic N) is 4. The van der Waals surface area contributed by atoms with Crippen molar-refractivity contribution < 1.29 is 13.2 Å². The molecule has 5 rings (SSSR count). The number of carbonyl (C=O) groups excluding carboxylic acids is 1. The van der Waals surface area contributed by atoms with E-state index in [4.69, 9.17) is 11.6 Å². The molecule has 0 atom stereocenters. The maximum atomic E-state index is 13.3. The van der Waals surface area contributed by atoms with Crippen LogP contribution in [-0.4, -0.2) is 40.9 Å². The molecular weight excluding hydrogens is 436 g/mol. The zero-order chi connectivity index (χ0) is 21.8. The Balaban J connectivity index is 1.47. The van der Waals surface area contributed by atoms with Crippen LogP contribution in [0.4, 0.5) is 5.69 Å². The minimum atomic E-state index is -2.99. The lowest BCUT2D eigenvalue weighted by Gasteiger charge is -2.19.